The van der Waals surface area contributed by atoms with Crippen molar-refractivity contribution < 1.29 is 28.4 Å². The molecule has 1 fully saturated rings. The number of hydrogen-bond donors (Lipinski definition) is 0. The van der Waals surface area contributed by atoms with Gasteiger partial charge in [-0.2, -0.15) is 8.80 Å². The Morgan fingerprint density at radius 3 is 2.64 bits per heavy atom. The van der Waals surface area contributed by atoms with Crippen LogP contribution >= 0.6 is 0 Å². The Bertz CT molecular complexity index is 1340. The minimum Gasteiger partial charge on any atom is -1.00 e. The molecule has 5 aromatic rings. The molecule has 0 N–H and O–H groups in total. The summed E-state index contributed by atoms with van der Waals surface area (Å²) in [5, 5.41) is 2.56. The van der Waals surface area contributed by atoms with Crippen LogP contribution in [0.2, 0.25) is 0 Å². The van der Waals surface area contributed by atoms with Crippen LogP contribution in [0.3, 0.4) is 0 Å². The molecular weight excluding hydrogens is 457 g/mol. The van der Waals surface area contributed by atoms with Gasteiger partial charge in [-0.1, -0.05) is 25.1 Å². The summed E-state index contributed by atoms with van der Waals surface area (Å²) in [7, 11) is 0. The lowest BCUT2D eigenvalue weighted by atomic mass is 10.1. The zero-order chi connectivity index (χ0) is 18.0. The second-order valence-electron chi connectivity index (χ2n) is 7.93. The monoisotopic (exact) mass is 479 g/mol. The Hall–Kier alpha value is -2.34. The molecule has 2 aromatic carbocycles. The highest BCUT2D eigenvalue weighted by molar-refractivity contribution is 5.88. The average molecular weight is 479 g/mol. The lowest BCUT2D eigenvalue weighted by Gasteiger charge is -2.18. The summed E-state index contributed by atoms with van der Waals surface area (Å²) in [5.41, 5.74) is 6.29. The predicted molar refractivity (Wildman–Crippen MR) is 112 cm³/mol. The molecule has 1 aliphatic rings. The molecular formula is C24H22IN3. The lowest BCUT2D eigenvalue weighted by Crippen LogP contribution is -3.00. The maximum atomic E-state index is 2.52. The van der Waals surface area contributed by atoms with E-state index in [0.717, 1.165) is 5.92 Å². The first-order chi connectivity index (χ1) is 13.3. The van der Waals surface area contributed by atoms with Gasteiger partial charge in [-0.15, -0.1) is 0 Å². The largest absolute Gasteiger partial charge is 1.00 e. The van der Waals surface area contributed by atoms with Crippen LogP contribution in [0.25, 0.3) is 33.0 Å². The van der Waals surface area contributed by atoms with Crippen molar-refractivity contribution >= 4 is 38.7 Å². The molecule has 0 spiro atoms. The first-order valence-corrected chi connectivity index (χ1v) is 9.80. The molecule has 1 aliphatic heterocycles. The fourth-order valence-electron chi connectivity index (χ4n) is 4.66. The van der Waals surface area contributed by atoms with Gasteiger partial charge in [0.2, 0.25) is 0 Å². The van der Waals surface area contributed by atoms with E-state index in [4.69, 9.17) is 0 Å². The Balaban J connectivity index is 0.00000171. The number of benzene rings is 2. The molecule has 140 valence electrons. The molecule has 0 amide bonds. The highest BCUT2D eigenvalue weighted by Crippen LogP contribution is 2.28. The van der Waals surface area contributed by atoms with E-state index in [1.807, 2.05) is 0 Å². The fourth-order valence-corrected chi connectivity index (χ4v) is 4.66. The van der Waals surface area contributed by atoms with Gasteiger partial charge in [-0.3, -0.25) is 0 Å². The fraction of sp³-hybridized carbons (Fsp3) is 0.208. The highest BCUT2D eigenvalue weighted by atomic mass is 127. The molecule has 1 saturated heterocycles. The third kappa shape index (κ3) is 2.58. The van der Waals surface area contributed by atoms with Crippen LogP contribution in [0.4, 0.5) is 5.69 Å². The van der Waals surface area contributed by atoms with Gasteiger partial charge in [0, 0.05) is 35.6 Å². The van der Waals surface area contributed by atoms with Gasteiger partial charge in [-0.25, -0.2) is 0 Å². The number of hydrogen-bond acceptors (Lipinski definition) is 1. The molecule has 0 saturated carbocycles. The number of aromatic nitrogens is 2. The number of imidazole rings is 1. The van der Waals surface area contributed by atoms with Crippen LogP contribution < -0.4 is 33.3 Å². The first-order valence-electron chi connectivity index (χ1n) is 9.80. The predicted octanol–water partition coefficient (Wildman–Crippen LogP) is 1.83. The van der Waals surface area contributed by atoms with E-state index in [0.29, 0.717) is 0 Å². The van der Waals surface area contributed by atoms with Crippen molar-refractivity contribution in [3.05, 3.63) is 72.9 Å². The second kappa shape index (κ2) is 6.62. The minimum atomic E-state index is 0. The van der Waals surface area contributed by atoms with E-state index in [-0.39, 0.29) is 24.0 Å². The van der Waals surface area contributed by atoms with Crippen molar-refractivity contribution in [1.82, 2.24) is 4.40 Å². The molecule has 1 unspecified atom stereocenters. The summed E-state index contributed by atoms with van der Waals surface area (Å²) >= 11 is 0. The van der Waals surface area contributed by atoms with E-state index < -0.39 is 0 Å². The zero-order valence-corrected chi connectivity index (χ0v) is 18.0. The van der Waals surface area contributed by atoms with Crippen LogP contribution in [0.5, 0.6) is 0 Å². The van der Waals surface area contributed by atoms with Crippen LogP contribution in [0.1, 0.15) is 13.3 Å². The third-order valence-corrected chi connectivity index (χ3v) is 6.08. The van der Waals surface area contributed by atoms with E-state index in [1.54, 1.807) is 0 Å². The topological polar surface area (TPSA) is 11.8 Å². The number of para-hydroxylation sites is 1. The summed E-state index contributed by atoms with van der Waals surface area (Å²) in [6.45, 7) is 4.68. The summed E-state index contributed by atoms with van der Waals surface area (Å²) in [4.78, 5) is 2.52. The molecule has 28 heavy (non-hydrogen) atoms. The SMILES string of the molecule is CC1CCN(c2ccc3c(ccc4c[n+]5c6ccccc6ccc5n43)c2)C1.[I-]. The van der Waals surface area contributed by atoms with Crippen molar-refractivity contribution in [2.45, 2.75) is 13.3 Å². The minimum absolute atomic E-state index is 0. The Kier molecular flexibility index (Phi) is 4.19. The molecule has 4 heteroatoms. The number of anilines is 1. The molecule has 4 heterocycles. The van der Waals surface area contributed by atoms with E-state index in [9.17, 15) is 0 Å². The maximum Gasteiger partial charge on any atom is 0.292 e. The summed E-state index contributed by atoms with van der Waals surface area (Å²) in [5.74, 6) is 0.793. The van der Waals surface area contributed by atoms with Crippen LogP contribution in [-0.4, -0.2) is 17.5 Å². The van der Waals surface area contributed by atoms with Gasteiger partial charge < -0.3 is 28.9 Å². The van der Waals surface area contributed by atoms with Crippen molar-refractivity contribution in [3.8, 4) is 0 Å². The van der Waals surface area contributed by atoms with Gasteiger partial charge in [-0.05, 0) is 54.8 Å². The van der Waals surface area contributed by atoms with Crippen LogP contribution in [-0.2, 0) is 0 Å². The zero-order valence-electron chi connectivity index (χ0n) is 15.8. The second-order valence-corrected chi connectivity index (χ2v) is 7.93. The van der Waals surface area contributed by atoms with Crippen LogP contribution in [0.15, 0.2) is 72.9 Å². The van der Waals surface area contributed by atoms with Crippen molar-refractivity contribution in [2.24, 2.45) is 5.92 Å². The number of pyridine rings is 2. The highest BCUT2D eigenvalue weighted by Gasteiger charge is 2.21. The quantitative estimate of drug-likeness (QED) is 0.264. The average Bonchev–Trinajstić information content (AvgIpc) is 3.31. The maximum absolute atomic E-state index is 2.52. The van der Waals surface area contributed by atoms with Crippen LogP contribution in [0, 0.1) is 5.92 Å². The smallest absolute Gasteiger partial charge is 0.292 e. The standard InChI is InChI=1S/C24H22N3.HI/c1-17-12-13-25(15-17)20-9-10-23-19(14-20)6-8-21-16-26-22-5-3-2-4-18(22)7-11-24(26)27(21)23;/h2-11,14,16-17H,12-13,15H2,1H3;1H/q+1;/p-1. The number of fused-ring (bicyclic) bond motifs is 7. The van der Waals surface area contributed by atoms with Gasteiger partial charge in [0.25, 0.3) is 5.65 Å². The first kappa shape index (κ1) is 17.7. The summed E-state index contributed by atoms with van der Waals surface area (Å²) < 4.78 is 4.68. The van der Waals surface area contributed by atoms with Gasteiger partial charge in [0.1, 0.15) is 17.2 Å². The van der Waals surface area contributed by atoms with Gasteiger partial charge >= 0.3 is 0 Å². The lowest BCUT2D eigenvalue weighted by molar-refractivity contribution is -0.479. The Labute approximate surface area is 181 Å². The third-order valence-electron chi connectivity index (χ3n) is 6.08. The number of rotatable bonds is 1. The van der Waals surface area contributed by atoms with Gasteiger partial charge in [0.05, 0.1) is 0 Å². The number of nitrogens with zero attached hydrogens (tertiary/aromatic N) is 3. The van der Waals surface area contributed by atoms with E-state index in [2.05, 4.69) is 93.6 Å². The van der Waals surface area contributed by atoms with E-state index in [1.165, 1.54) is 58.2 Å². The normalized spacial score (nSPS) is 17.0. The van der Waals surface area contributed by atoms with E-state index >= 15 is 0 Å². The van der Waals surface area contributed by atoms with Crippen molar-refractivity contribution in [3.63, 3.8) is 0 Å². The molecule has 0 radical (unpaired) electrons. The van der Waals surface area contributed by atoms with Crippen molar-refractivity contribution in [2.75, 3.05) is 18.0 Å². The molecule has 3 aromatic heterocycles. The summed E-state index contributed by atoms with van der Waals surface area (Å²) in [6.07, 6.45) is 3.54. The molecule has 0 aliphatic carbocycles. The molecule has 6 rings (SSSR count). The summed E-state index contributed by atoms with van der Waals surface area (Å²) in [6, 6.07) is 24.4. The molecule has 0 bridgehead atoms. The molecule has 1 atom stereocenters. The molecule has 3 nitrogen and oxygen atoms in total. The number of halogens is 1. The van der Waals surface area contributed by atoms with Gasteiger partial charge in [0.15, 0.2) is 5.52 Å². The Morgan fingerprint density at radius 2 is 1.79 bits per heavy atom. The Morgan fingerprint density at radius 1 is 0.929 bits per heavy atom. The van der Waals surface area contributed by atoms with Crippen molar-refractivity contribution in [1.29, 1.82) is 0 Å².